The zero-order valence-corrected chi connectivity index (χ0v) is 8.23. The minimum absolute atomic E-state index is 0.0846. The monoisotopic (exact) mass is 196 g/mol. The van der Waals surface area contributed by atoms with Crippen molar-refractivity contribution in [1.82, 2.24) is 10.6 Å². The third kappa shape index (κ3) is 1.73. The highest BCUT2D eigenvalue weighted by Gasteiger charge is 2.24. The molecule has 1 aliphatic rings. The second-order valence-corrected chi connectivity index (χ2v) is 4.02. The van der Waals surface area contributed by atoms with E-state index in [0.717, 1.165) is 0 Å². The van der Waals surface area contributed by atoms with Gasteiger partial charge in [0.1, 0.15) is 0 Å². The number of carbonyl (C=O) groups excluding carboxylic acids is 1. The number of hydrogen-bond acceptors (Lipinski definition) is 3. The zero-order valence-electron chi connectivity index (χ0n) is 7.41. The number of hydrogen-bond donors (Lipinski definition) is 2. The molecule has 1 amide bonds. The average Bonchev–Trinajstić information content (AvgIpc) is 2.62. The topological polar surface area (TPSA) is 41.1 Å². The normalized spacial score (nSPS) is 28.5. The maximum atomic E-state index is 11.1. The summed E-state index contributed by atoms with van der Waals surface area (Å²) < 4.78 is 0. The fourth-order valence-electron chi connectivity index (χ4n) is 1.48. The van der Waals surface area contributed by atoms with Gasteiger partial charge in [-0.15, -0.1) is 0 Å². The van der Waals surface area contributed by atoms with Gasteiger partial charge in [-0.1, -0.05) is 0 Å². The largest absolute Gasteiger partial charge is 0.353 e. The van der Waals surface area contributed by atoms with E-state index >= 15 is 0 Å². The summed E-state index contributed by atoms with van der Waals surface area (Å²) in [7, 11) is 0. The highest BCUT2D eigenvalue weighted by molar-refractivity contribution is 7.07. The van der Waals surface area contributed by atoms with Crippen LogP contribution in [0.3, 0.4) is 0 Å². The van der Waals surface area contributed by atoms with Crippen LogP contribution in [0.4, 0.5) is 0 Å². The van der Waals surface area contributed by atoms with E-state index in [-0.39, 0.29) is 18.0 Å². The van der Waals surface area contributed by atoms with Gasteiger partial charge in [0.2, 0.25) is 5.91 Å². The minimum Gasteiger partial charge on any atom is -0.353 e. The van der Waals surface area contributed by atoms with Crippen LogP contribution in [0.5, 0.6) is 0 Å². The molecule has 70 valence electrons. The molecule has 1 aliphatic heterocycles. The van der Waals surface area contributed by atoms with Crippen LogP contribution < -0.4 is 10.6 Å². The number of thiophene rings is 1. The fraction of sp³-hybridized carbons (Fsp3) is 0.444. The molecule has 1 fully saturated rings. The summed E-state index contributed by atoms with van der Waals surface area (Å²) in [5, 5.41) is 10.3. The Morgan fingerprint density at radius 1 is 1.62 bits per heavy atom. The quantitative estimate of drug-likeness (QED) is 0.700. The minimum atomic E-state index is -0.0846. The van der Waals surface area contributed by atoms with Crippen molar-refractivity contribution in [3.63, 3.8) is 0 Å². The third-order valence-electron chi connectivity index (χ3n) is 2.27. The number of carbonyl (C=O) groups is 1. The molecule has 0 radical (unpaired) electrons. The van der Waals surface area contributed by atoms with Gasteiger partial charge < -0.3 is 5.32 Å². The van der Waals surface area contributed by atoms with Crippen molar-refractivity contribution < 1.29 is 4.79 Å². The summed E-state index contributed by atoms with van der Waals surface area (Å²) in [6, 6.07) is 2.28. The number of amides is 1. The Morgan fingerprint density at radius 3 is 3.08 bits per heavy atom. The van der Waals surface area contributed by atoms with Gasteiger partial charge in [0, 0.05) is 6.54 Å². The van der Waals surface area contributed by atoms with Crippen molar-refractivity contribution >= 4 is 17.2 Å². The Hall–Kier alpha value is -0.870. The van der Waals surface area contributed by atoms with Crippen LogP contribution in [0.25, 0.3) is 0 Å². The molecule has 13 heavy (non-hydrogen) atoms. The first-order chi connectivity index (χ1) is 6.27. The van der Waals surface area contributed by atoms with Crippen LogP contribution in [0.15, 0.2) is 16.8 Å². The van der Waals surface area contributed by atoms with Crippen molar-refractivity contribution in [2.45, 2.75) is 19.0 Å². The molecule has 0 aliphatic carbocycles. The van der Waals surface area contributed by atoms with E-state index in [1.165, 1.54) is 5.56 Å². The molecule has 2 heterocycles. The van der Waals surface area contributed by atoms with Crippen molar-refractivity contribution in [1.29, 1.82) is 0 Å². The molecule has 0 saturated carbocycles. The molecule has 1 saturated heterocycles. The number of rotatable bonds is 1. The van der Waals surface area contributed by atoms with Gasteiger partial charge in [0.05, 0.1) is 12.1 Å². The Labute approximate surface area is 81.2 Å². The lowest BCUT2D eigenvalue weighted by Crippen LogP contribution is -2.52. The molecular formula is C9H12N2OS. The van der Waals surface area contributed by atoms with Gasteiger partial charge in [0.25, 0.3) is 0 Å². The second kappa shape index (κ2) is 3.47. The molecule has 2 rings (SSSR count). The van der Waals surface area contributed by atoms with Crippen LogP contribution >= 0.6 is 11.3 Å². The lowest BCUT2D eigenvalue weighted by molar-refractivity contribution is -0.124. The Bertz CT molecular complexity index is 297. The SMILES string of the molecule is CC1NC(c2ccsc2)CNC1=O. The highest BCUT2D eigenvalue weighted by Crippen LogP contribution is 2.18. The van der Waals surface area contributed by atoms with E-state index < -0.39 is 0 Å². The van der Waals surface area contributed by atoms with E-state index in [2.05, 4.69) is 27.5 Å². The fourth-order valence-corrected chi connectivity index (χ4v) is 2.19. The Balaban J connectivity index is 2.07. The Kier molecular flexibility index (Phi) is 2.33. The molecule has 4 heteroatoms. The second-order valence-electron chi connectivity index (χ2n) is 3.24. The smallest absolute Gasteiger partial charge is 0.236 e. The van der Waals surface area contributed by atoms with E-state index in [9.17, 15) is 4.79 Å². The van der Waals surface area contributed by atoms with Crippen LogP contribution in [0.1, 0.15) is 18.5 Å². The van der Waals surface area contributed by atoms with Crippen molar-refractivity contribution in [3.05, 3.63) is 22.4 Å². The average molecular weight is 196 g/mol. The molecular weight excluding hydrogens is 184 g/mol. The molecule has 2 unspecified atom stereocenters. The lowest BCUT2D eigenvalue weighted by atomic mass is 10.1. The van der Waals surface area contributed by atoms with Crippen LogP contribution in [0, 0.1) is 0 Å². The van der Waals surface area contributed by atoms with Gasteiger partial charge in [-0.25, -0.2) is 0 Å². The molecule has 0 spiro atoms. The van der Waals surface area contributed by atoms with E-state index in [1.54, 1.807) is 11.3 Å². The molecule has 3 nitrogen and oxygen atoms in total. The van der Waals surface area contributed by atoms with E-state index in [0.29, 0.717) is 6.54 Å². The van der Waals surface area contributed by atoms with Crippen molar-refractivity contribution in [2.75, 3.05) is 6.54 Å². The molecule has 0 aromatic carbocycles. The van der Waals surface area contributed by atoms with Crippen LogP contribution in [0.2, 0.25) is 0 Å². The van der Waals surface area contributed by atoms with Gasteiger partial charge in [0.15, 0.2) is 0 Å². The van der Waals surface area contributed by atoms with Crippen molar-refractivity contribution in [3.8, 4) is 0 Å². The number of piperazine rings is 1. The van der Waals surface area contributed by atoms with Crippen LogP contribution in [-0.2, 0) is 4.79 Å². The summed E-state index contributed by atoms with van der Waals surface area (Å²) in [4.78, 5) is 11.1. The summed E-state index contributed by atoms with van der Waals surface area (Å²) in [6.07, 6.45) is 0. The molecule has 2 atom stereocenters. The Morgan fingerprint density at radius 2 is 2.46 bits per heavy atom. The third-order valence-corrected chi connectivity index (χ3v) is 2.97. The maximum Gasteiger partial charge on any atom is 0.236 e. The predicted octanol–water partition coefficient (Wildman–Crippen LogP) is 0.897. The maximum absolute atomic E-state index is 11.1. The number of nitrogens with one attached hydrogen (secondary N) is 2. The van der Waals surface area contributed by atoms with Crippen LogP contribution in [-0.4, -0.2) is 18.5 Å². The summed E-state index contributed by atoms with van der Waals surface area (Å²) in [5.74, 6) is 0.0893. The first-order valence-electron chi connectivity index (χ1n) is 4.33. The highest BCUT2D eigenvalue weighted by atomic mass is 32.1. The standard InChI is InChI=1S/C9H12N2OS/c1-6-9(12)10-4-8(11-6)7-2-3-13-5-7/h2-3,5-6,8,11H,4H2,1H3,(H,10,12). The van der Waals surface area contributed by atoms with Gasteiger partial charge in [-0.2, -0.15) is 11.3 Å². The predicted molar refractivity (Wildman–Crippen MR) is 52.7 cm³/mol. The lowest BCUT2D eigenvalue weighted by Gasteiger charge is -2.28. The molecule has 2 N–H and O–H groups in total. The molecule has 1 aromatic heterocycles. The molecule has 1 aromatic rings. The zero-order chi connectivity index (χ0) is 9.26. The first kappa shape index (κ1) is 8.72. The summed E-state index contributed by atoms with van der Waals surface area (Å²) >= 11 is 1.68. The van der Waals surface area contributed by atoms with Gasteiger partial charge in [-0.3, -0.25) is 10.1 Å². The summed E-state index contributed by atoms with van der Waals surface area (Å²) in [5.41, 5.74) is 1.26. The van der Waals surface area contributed by atoms with Gasteiger partial charge >= 0.3 is 0 Å². The van der Waals surface area contributed by atoms with Crippen molar-refractivity contribution in [2.24, 2.45) is 0 Å². The molecule has 0 bridgehead atoms. The first-order valence-corrected chi connectivity index (χ1v) is 5.27. The summed E-state index contributed by atoms with van der Waals surface area (Å²) in [6.45, 7) is 2.58. The van der Waals surface area contributed by atoms with Gasteiger partial charge in [-0.05, 0) is 29.3 Å². The van der Waals surface area contributed by atoms with E-state index in [4.69, 9.17) is 0 Å². The van der Waals surface area contributed by atoms with E-state index in [1.807, 2.05) is 6.92 Å².